The van der Waals surface area contributed by atoms with Crippen molar-refractivity contribution in [1.82, 2.24) is 15.1 Å². The Labute approximate surface area is 148 Å². The fourth-order valence-electron chi connectivity index (χ4n) is 2.60. The molecule has 134 valence electrons. The highest BCUT2D eigenvalue weighted by molar-refractivity contribution is 5.87. The highest BCUT2D eigenvalue weighted by Crippen LogP contribution is 2.11. The topological polar surface area (TPSA) is 73.2 Å². The number of aryl methyl sites for hydroxylation is 2. The molecule has 1 aromatic heterocycles. The first kappa shape index (κ1) is 18.7. The number of hydrogen-bond donors (Lipinski definition) is 1. The van der Waals surface area contributed by atoms with Gasteiger partial charge in [0.05, 0.1) is 5.69 Å². The van der Waals surface area contributed by atoms with E-state index >= 15 is 0 Å². The molecule has 1 heterocycles. The van der Waals surface area contributed by atoms with Crippen molar-refractivity contribution >= 4 is 12.0 Å². The summed E-state index contributed by atoms with van der Waals surface area (Å²) < 4.78 is 6.58. The Morgan fingerprint density at radius 3 is 2.44 bits per heavy atom. The van der Waals surface area contributed by atoms with Crippen LogP contribution in [0.5, 0.6) is 0 Å². The smallest absolute Gasteiger partial charge is 0.408 e. The molecule has 6 nitrogen and oxygen atoms in total. The zero-order valence-corrected chi connectivity index (χ0v) is 15.2. The van der Waals surface area contributed by atoms with Crippen LogP contribution in [0.3, 0.4) is 0 Å². The molecule has 0 fully saturated rings. The summed E-state index contributed by atoms with van der Waals surface area (Å²) in [6.45, 7) is 7.81. The lowest BCUT2D eigenvalue weighted by Crippen LogP contribution is -2.44. The van der Waals surface area contributed by atoms with E-state index in [-0.39, 0.29) is 18.4 Å². The van der Waals surface area contributed by atoms with Crippen LogP contribution in [0.25, 0.3) is 0 Å². The second-order valence-corrected chi connectivity index (χ2v) is 6.57. The molecular formula is C19H25N3O3. The molecule has 0 radical (unpaired) electrons. The van der Waals surface area contributed by atoms with E-state index < -0.39 is 12.1 Å². The van der Waals surface area contributed by atoms with Crippen molar-refractivity contribution in [2.45, 2.75) is 46.8 Å². The van der Waals surface area contributed by atoms with E-state index in [4.69, 9.17) is 4.74 Å². The average molecular weight is 343 g/mol. The lowest BCUT2D eigenvalue weighted by Gasteiger charge is -2.19. The molecule has 1 amide bonds. The maximum atomic E-state index is 12.8. The number of amides is 1. The number of nitrogens with one attached hydrogen (secondary N) is 1. The molecule has 0 aliphatic rings. The molecule has 25 heavy (non-hydrogen) atoms. The van der Waals surface area contributed by atoms with Crippen LogP contribution < -0.4 is 5.32 Å². The lowest BCUT2D eigenvalue weighted by atomic mass is 10.0. The number of hydrogen-bond acceptors (Lipinski definition) is 4. The van der Waals surface area contributed by atoms with E-state index in [1.807, 2.05) is 64.1 Å². The molecule has 1 atom stereocenters. The molecule has 0 spiro atoms. The normalized spacial score (nSPS) is 12.0. The molecule has 0 aliphatic carbocycles. The summed E-state index contributed by atoms with van der Waals surface area (Å²) in [5, 5.41) is 6.90. The molecule has 1 N–H and O–H groups in total. The quantitative estimate of drug-likeness (QED) is 0.871. The number of ether oxygens (including phenoxy) is 1. The van der Waals surface area contributed by atoms with Gasteiger partial charge in [0.15, 0.2) is 0 Å². The summed E-state index contributed by atoms with van der Waals surface area (Å²) >= 11 is 0. The van der Waals surface area contributed by atoms with Gasteiger partial charge in [-0.05, 0) is 37.8 Å². The molecule has 1 unspecified atom stereocenters. The van der Waals surface area contributed by atoms with Crippen LogP contribution in [0.2, 0.25) is 0 Å². The van der Waals surface area contributed by atoms with Crippen molar-refractivity contribution < 1.29 is 14.3 Å². The fourth-order valence-corrected chi connectivity index (χ4v) is 2.60. The van der Waals surface area contributed by atoms with Crippen molar-refractivity contribution in [2.24, 2.45) is 5.92 Å². The largest absolute Gasteiger partial charge is 0.445 e. The minimum absolute atomic E-state index is 0.162. The number of rotatable bonds is 6. The first-order valence-corrected chi connectivity index (χ1v) is 8.41. The minimum Gasteiger partial charge on any atom is -0.445 e. The number of carbonyl (C=O) groups is 2. The van der Waals surface area contributed by atoms with Gasteiger partial charge in [-0.2, -0.15) is 5.10 Å². The van der Waals surface area contributed by atoms with Crippen molar-refractivity contribution in [3.8, 4) is 0 Å². The van der Waals surface area contributed by atoms with E-state index in [1.165, 1.54) is 4.68 Å². The van der Waals surface area contributed by atoms with Crippen LogP contribution in [0.4, 0.5) is 4.79 Å². The predicted molar refractivity (Wildman–Crippen MR) is 95.3 cm³/mol. The lowest BCUT2D eigenvalue weighted by molar-refractivity contribution is 0.0803. The maximum absolute atomic E-state index is 12.8. The van der Waals surface area contributed by atoms with Crippen molar-refractivity contribution in [3.05, 3.63) is 53.3 Å². The summed E-state index contributed by atoms with van der Waals surface area (Å²) in [6, 6.07) is 10.6. The molecule has 0 bridgehead atoms. The molecule has 2 aromatic rings. The molecular weight excluding hydrogens is 318 g/mol. The molecule has 0 saturated carbocycles. The zero-order chi connectivity index (χ0) is 18.4. The monoisotopic (exact) mass is 343 g/mol. The van der Waals surface area contributed by atoms with Crippen LogP contribution in [-0.4, -0.2) is 27.8 Å². The van der Waals surface area contributed by atoms with Gasteiger partial charge >= 0.3 is 6.09 Å². The maximum Gasteiger partial charge on any atom is 0.408 e. The van der Waals surface area contributed by atoms with Crippen LogP contribution in [0.15, 0.2) is 36.4 Å². The Hall–Kier alpha value is -2.63. The van der Waals surface area contributed by atoms with Crippen LogP contribution in [0.1, 0.15) is 42.0 Å². The molecule has 0 aliphatic heterocycles. The van der Waals surface area contributed by atoms with Gasteiger partial charge in [0, 0.05) is 5.69 Å². The second kappa shape index (κ2) is 8.46. The van der Waals surface area contributed by atoms with Gasteiger partial charge in [-0.1, -0.05) is 44.2 Å². The highest BCUT2D eigenvalue weighted by atomic mass is 16.5. The summed E-state index contributed by atoms with van der Waals surface area (Å²) in [6.07, 6.45) is -0.0955. The van der Waals surface area contributed by atoms with Crippen LogP contribution in [0, 0.1) is 19.8 Å². The molecule has 0 saturated heterocycles. The Morgan fingerprint density at radius 1 is 1.20 bits per heavy atom. The molecule has 2 rings (SSSR count). The van der Waals surface area contributed by atoms with Gasteiger partial charge < -0.3 is 10.1 Å². The SMILES string of the molecule is Cc1cc(C)n(C(=O)C(CC(C)C)NC(=O)OCc2ccccc2)n1. The van der Waals surface area contributed by atoms with E-state index in [9.17, 15) is 9.59 Å². The van der Waals surface area contributed by atoms with Gasteiger partial charge in [-0.3, -0.25) is 4.79 Å². The van der Waals surface area contributed by atoms with Crippen LogP contribution in [-0.2, 0) is 11.3 Å². The van der Waals surface area contributed by atoms with Gasteiger partial charge in [0.2, 0.25) is 0 Å². The number of carbonyl (C=O) groups excluding carboxylic acids is 2. The third-order valence-corrected chi connectivity index (χ3v) is 3.73. The Morgan fingerprint density at radius 2 is 1.88 bits per heavy atom. The van der Waals surface area contributed by atoms with Crippen molar-refractivity contribution in [3.63, 3.8) is 0 Å². The Kier molecular flexibility index (Phi) is 6.33. The number of benzene rings is 1. The highest BCUT2D eigenvalue weighted by Gasteiger charge is 2.25. The summed E-state index contributed by atoms with van der Waals surface area (Å²) in [5.74, 6) is -0.0173. The van der Waals surface area contributed by atoms with Crippen molar-refractivity contribution in [2.75, 3.05) is 0 Å². The van der Waals surface area contributed by atoms with Gasteiger partial charge in [-0.15, -0.1) is 0 Å². The standard InChI is InChI=1S/C19H25N3O3/c1-13(2)10-17(18(23)22-15(4)11-14(3)21-22)20-19(24)25-12-16-8-6-5-7-9-16/h5-9,11,13,17H,10,12H2,1-4H3,(H,20,24). The third-order valence-electron chi connectivity index (χ3n) is 3.73. The zero-order valence-electron chi connectivity index (χ0n) is 15.2. The molecule has 6 heteroatoms. The number of alkyl carbamates (subject to hydrolysis) is 1. The summed E-state index contributed by atoms with van der Waals surface area (Å²) in [7, 11) is 0. The van der Waals surface area contributed by atoms with E-state index in [0.717, 1.165) is 17.0 Å². The number of nitrogens with zero attached hydrogens (tertiary/aromatic N) is 2. The van der Waals surface area contributed by atoms with Gasteiger partial charge in [0.25, 0.3) is 5.91 Å². The summed E-state index contributed by atoms with van der Waals surface area (Å²) in [5.41, 5.74) is 2.40. The van der Waals surface area contributed by atoms with Crippen molar-refractivity contribution in [1.29, 1.82) is 0 Å². The van der Waals surface area contributed by atoms with Gasteiger partial charge in [0.1, 0.15) is 12.6 Å². The first-order chi connectivity index (χ1) is 11.9. The second-order valence-electron chi connectivity index (χ2n) is 6.57. The van der Waals surface area contributed by atoms with E-state index in [1.54, 1.807) is 0 Å². The Bertz CT molecular complexity index is 723. The molecule has 1 aromatic carbocycles. The predicted octanol–water partition coefficient (Wildman–Crippen LogP) is 3.48. The average Bonchev–Trinajstić information content (AvgIpc) is 2.90. The Balaban J connectivity index is 2.02. The van der Waals surface area contributed by atoms with E-state index in [2.05, 4.69) is 10.4 Å². The first-order valence-electron chi connectivity index (χ1n) is 8.41. The minimum atomic E-state index is -0.679. The third kappa shape index (κ3) is 5.45. The van der Waals surface area contributed by atoms with Crippen LogP contribution >= 0.6 is 0 Å². The van der Waals surface area contributed by atoms with E-state index in [0.29, 0.717) is 6.42 Å². The number of aromatic nitrogens is 2. The van der Waals surface area contributed by atoms with Gasteiger partial charge in [-0.25, -0.2) is 9.48 Å². The summed E-state index contributed by atoms with van der Waals surface area (Å²) in [4.78, 5) is 24.9. The fraction of sp³-hybridized carbons (Fsp3) is 0.421.